The largest absolute Gasteiger partial charge is 0.411 e. The molecule has 0 aliphatic carbocycles. The number of carbonyl (C=O) groups excluding carboxylic acids is 1. The molecule has 0 aliphatic rings. The Balaban J connectivity index is 3.36. The summed E-state index contributed by atoms with van der Waals surface area (Å²) in [7, 11) is 0. The van der Waals surface area contributed by atoms with Gasteiger partial charge >= 0.3 is 6.18 Å². The second kappa shape index (κ2) is 6.89. The SMILES string of the molecule is O=C(COCC(F)(F)F)NCCCCl. The average Bonchev–Trinajstić information content (AvgIpc) is 2.02. The third-order valence-corrected chi connectivity index (χ3v) is 1.40. The van der Waals surface area contributed by atoms with Gasteiger partial charge in [0.15, 0.2) is 0 Å². The molecule has 1 amide bonds. The molecular formula is C7H11ClF3NO2. The maximum Gasteiger partial charge on any atom is 0.411 e. The van der Waals surface area contributed by atoms with Crippen LogP contribution in [0.1, 0.15) is 6.42 Å². The summed E-state index contributed by atoms with van der Waals surface area (Å²) in [6, 6.07) is 0. The van der Waals surface area contributed by atoms with Gasteiger partial charge in [-0.05, 0) is 6.42 Å². The maximum atomic E-state index is 11.5. The van der Waals surface area contributed by atoms with Crippen molar-refractivity contribution >= 4 is 17.5 Å². The monoisotopic (exact) mass is 233 g/mol. The molecule has 0 aliphatic heterocycles. The zero-order chi connectivity index (χ0) is 11.0. The summed E-state index contributed by atoms with van der Waals surface area (Å²) in [5.41, 5.74) is 0. The lowest BCUT2D eigenvalue weighted by Gasteiger charge is -2.07. The van der Waals surface area contributed by atoms with Crippen molar-refractivity contribution < 1.29 is 22.7 Å². The fourth-order valence-electron chi connectivity index (χ4n) is 0.605. The molecule has 0 atom stereocenters. The molecule has 84 valence electrons. The normalized spacial score (nSPS) is 11.4. The molecule has 1 N–H and O–H groups in total. The summed E-state index contributed by atoms with van der Waals surface area (Å²) < 4.78 is 38.7. The summed E-state index contributed by atoms with van der Waals surface area (Å²) >= 11 is 5.32. The van der Waals surface area contributed by atoms with Gasteiger partial charge in [-0.1, -0.05) is 0 Å². The standard InChI is InChI=1S/C7H11ClF3NO2/c8-2-1-3-12-6(13)4-14-5-7(9,10)11/h1-5H2,(H,12,13). The molecule has 0 aromatic carbocycles. The molecule has 0 saturated carbocycles. The number of amides is 1. The van der Waals surface area contributed by atoms with E-state index in [1.165, 1.54) is 0 Å². The smallest absolute Gasteiger partial charge is 0.362 e. The number of rotatable bonds is 6. The summed E-state index contributed by atoms with van der Waals surface area (Å²) in [6.07, 6.45) is -3.82. The van der Waals surface area contributed by atoms with Gasteiger partial charge in [-0.2, -0.15) is 13.2 Å². The highest BCUT2D eigenvalue weighted by Crippen LogP contribution is 2.13. The van der Waals surface area contributed by atoms with Crippen LogP contribution in [0.25, 0.3) is 0 Å². The van der Waals surface area contributed by atoms with E-state index in [2.05, 4.69) is 10.1 Å². The zero-order valence-corrected chi connectivity index (χ0v) is 8.12. The maximum absolute atomic E-state index is 11.5. The predicted molar refractivity (Wildman–Crippen MR) is 45.2 cm³/mol. The quantitative estimate of drug-likeness (QED) is 0.555. The van der Waals surface area contributed by atoms with Crippen LogP contribution in [0, 0.1) is 0 Å². The van der Waals surface area contributed by atoms with Crippen LogP contribution in [0.15, 0.2) is 0 Å². The van der Waals surface area contributed by atoms with Gasteiger partial charge in [-0.3, -0.25) is 4.79 Å². The van der Waals surface area contributed by atoms with E-state index in [1.807, 2.05) is 0 Å². The Hall–Kier alpha value is -0.490. The number of hydrogen-bond acceptors (Lipinski definition) is 2. The van der Waals surface area contributed by atoms with Crippen molar-refractivity contribution in [1.29, 1.82) is 0 Å². The Kier molecular flexibility index (Phi) is 6.65. The zero-order valence-electron chi connectivity index (χ0n) is 7.36. The molecule has 0 bridgehead atoms. The Morgan fingerprint density at radius 1 is 1.43 bits per heavy atom. The van der Waals surface area contributed by atoms with E-state index in [9.17, 15) is 18.0 Å². The first-order valence-electron chi connectivity index (χ1n) is 3.93. The van der Waals surface area contributed by atoms with Gasteiger partial charge in [0.05, 0.1) is 0 Å². The molecule has 0 aromatic heterocycles. The molecule has 0 rings (SSSR count). The highest BCUT2D eigenvalue weighted by molar-refractivity contribution is 6.17. The van der Waals surface area contributed by atoms with Gasteiger partial charge < -0.3 is 10.1 Å². The van der Waals surface area contributed by atoms with Crippen molar-refractivity contribution in [2.45, 2.75) is 12.6 Å². The first kappa shape index (κ1) is 13.5. The molecule has 0 radical (unpaired) electrons. The third-order valence-electron chi connectivity index (χ3n) is 1.13. The van der Waals surface area contributed by atoms with E-state index >= 15 is 0 Å². The summed E-state index contributed by atoms with van der Waals surface area (Å²) in [5.74, 6) is -0.177. The van der Waals surface area contributed by atoms with Crippen LogP contribution in [0.4, 0.5) is 13.2 Å². The highest BCUT2D eigenvalue weighted by Gasteiger charge is 2.27. The lowest BCUT2D eigenvalue weighted by molar-refractivity contribution is -0.175. The van der Waals surface area contributed by atoms with Crippen molar-refractivity contribution in [3.63, 3.8) is 0 Å². The second-order valence-corrected chi connectivity index (χ2v) is 2.88. The Morgan fingerprint density at radius 2 is 2.07 bits per heavy atom. The van der Waals surface area contributed by atoms with Gasteiger partial charge in [0, 0.05) is 12.4 Å². The number of ether oxygens (including phenoxy) is 1. The molecule has 0 aromatic rings. The Bertz CT molecular complexity index is 175. The Labute approximate surface area is 84.6 Å². The molecular weight excluding hydrogens is 223 g/mol. The third kappa shape index (κ3) is 9.60. The summed E-state index contributed by atoms with van der Waals surface area (Å²) in [6.45, 7) is -1.64. The van der Waals surface area contributed by atoms with Crippen molar-refractivity contribution in [3.05, 3.63) is 0 Å². The lowest BCUT2D eigenvalue weighted by atomic mass is 10.4. The minimum absolute atomic E-state index is 0.345. The van der Waals surface area contributed by atoms with Gasteiger partial charge in [0.25, 0.3) is 0 Å². The van der Waals surface area contributed by atoms with E-state index in [0.717, 1.165) is 0 Å². The van der Waals surface area contributed by atoms with E-state index in [1.54, 1.807) is 0 Å². The van der Waals surface area contributed by atoms with E-state index < -0.39 is 25.3 Å². The molecule has 3 nitrogen and oxygen atoms in total. The first-order chi connectivity index (χ1) is 6.45. The van der Waals surface area contributed by atoms with Crippen LogP contribution >= 0.6 is 11.6 Å². The number of nitrogens with one attached hydrogen (secondary N) is 1. The number of hydrogen-bond donors (Lipinski definition) is 1. The van der Waals surface area contributed by atoms with Crippen LogP contribution in [0.5, 0.6) is 0 Å². The predicted octanol–water partition coefficient (Wildman–Crippen LogP) is 1.31. The van der Waals surface area contributed by atoms with Crippen LogP contribution in [0.2, 0.25) is 0 Å². The summed E-state index contributed by atoms with van der Waals surface area (Å²) in [5, 5.41) is 2.35. The van der Waals surface area contributed by atoms with Gasteiger partial charge in [0.1, 0.15) is 13.2 Å². The minimum atomic E-state index is -4.39. The van der Waals surface area contributed by atoms with Crippen molar-refractivity contribution in [2.75, 3.05) is 25.6 Å². The molecule has 0 fully saturated rings. The molecule has 0 unspecified atom stereocenters. The van der Waals surface area contributed by atoms with Crippen molar-refractivity contribution in [3.8, 4) is 0 Å². The van der Waals surface area contributed by atoms with E-state index in [4.69, 9.17) is 11.6 Å². The second-order valence-electron chi connectivity index (χ2n) is 2.50. The van der Waals surface area contributed by atoms with Gasteiger partial charge in [-0.25, -0.2) is 0 Å². The molecule has 14 heavy (non-hydrogen) atoms. The first-order valence-corrected chi connectivity index (χ1v) is 4.46. The van der Waals surface area contributed by atoms with E-state index in [-0.39, 0.29) is 0 Å². The van der Waals surface area contributed by atoms with E-state index in [0.29, 0.717) is 18.8 Å². The highest BCUT2D eigenvalue weighted by atomic mass is 35.5. The fraction of sp³-hybridized carbons (Fsp3) is 0.857. The topological polar surface area (TPSA) is 38.3 Å². The Morgan fingerprint density at radius 3 is 2.57 bits per heavy atom. The molecule has 0 saturated heterocycles. The van der Waals surface area contributed by atoms with Crippen molar-refractivity contribution in [2.24, 2.45) is 0 Å². The van der Waals surface area contributed by atoms with Crippen LogP contribution in [-0.2, 0) is 9.53 Å². The van der Waals surface area contributed by atoms with Gasteiger partial charge in [0.2, 0.25) is 5.91 Å². The van der Waals surface area contributed by atoms with Gasteiger partial charge in [-0.15, -0.1) is 11.6 Å². The molecule has 0 heterocycles. The minimum Gasteiger partial charge on any atom is -0.362 e. The van der Waals surface area contributed by atoms with Crippen LogP contribution < -0.4 is 5.32 Å². The molecule has 7 heteroatoms. The van der Waals surface area contributed by atoms with Crippen LogP contribution in [-0.4, -0.2) is 37.7 Å². The summed E-state index contributed by atoms with van der Waals surface area (Å²) in [4.78, 5) is 10.8. The number of carbonyl (C=O) groups is 1. The van der Waals surface area contributed by atoms with Crippen molar-refractivity contribution in [1.82, 2.24) is 5.32 Å². The number of alkyl halides is 4. The average molecular weight is 234 g/mol. The number of halogens is 4. The van der Waals surface area contributed by atoms with Crippen LogP contribution in [0.3, 0.4) is 0 Å². The molecule has 0 spiro atoms. The fourth-order valence-corrected chi connectivity index (χ4v) is 0.739. The lowest BCUT2D eigenvalue weighted by Crippen LogP contribution is -2.30.